The van der Waals surface area contributed by atoms with Crippen LogP contribution in [0, 0.1) is 0 Å². The summed E-state index contributed by atoms with van der Waals surface area (Å²) in [6.45, 7) is 0. The van der Waals surface area contributed by atoms with Crippen molar-refractivity contribution in [2.75, 3.05) is 0 Å². The molecule has 0 bridgehead atoms. The van der Waals surface area contributed by atoms with Crippen molar-refractivity contribution in [3.8, 4) is 0 Å². The van der Waals surface area contributed by atoms with Gasteiger partial charge in [0, 0.05) is 52.7 Å². The van der Waals surface area contributed by atoms with E-state index in [1.807, 2.05) is 0 Å². The second kappa shape index (κ2) is 18.2. The summed E-state index contributed by atoms with van der Waals surface area (Å²) in [6, 6.07) is 0. The Morgan fingerprint density at radius 3 is 1.00 bits per heavy atom. The molecule has 0 nitrogen and oxygen atoms in total. The molecule has 0 aliphatic rings. The van der Waals surface area contributed by atoms with Crippen molar-refractivity contribution in [1.29, 1.82) is 0 Å². The second-order valence-electron chi connectivity index (χ2n) is 0. The molecule has 1 radical (unpaired) electrons. The molecule has 0 aliphatic carbocycles. The first kappa shape index (κ1) is 32.5. The van der Waals surface area contributed by atoms with E-state index in [1.54, 1.807) is 0 Å². The number of rotatable bonds is 0. The zero-order valence-electron chi connectivity index (χ0n) is 1.36. The van der Waals surface area contributed by atoms with Crippen molar-refractivity contribution in [2.24, 2.45) is 0 Å². The van der Waals surface area contributed by atoms with Crippen molar-refractivity contribution >= 4 is 23.1 Å². The molecule has 0 fully saturated rings. The van der Waals surface area contributed by atoms with E-state index >= 15 is 0 Å². The molecule has 0 aromatic rings. The van der Waals surface area contributed by atoms with Crippen LogP contribution in [0.2, 0.25) is 0 Å². The molecule has 0 aromatic heterocycles. The molecular formula is H2CoMgNiZn. The maximum atomic E-state index is 0. The third-order valence-corrected chi connectivity index (χ3v) is 0. The van der Waals surface area contributed by atoms with Crippen molar-refractivity contribution < 1.29 is 52.7 Å². The number of hydrogen-bond donors (Lipinski definition) is 0. The summed E-state index contributed by atoms with van der Waals surface area (Å²) in [5, 5.41) is 0. The Balaban J connectivity index is 0. The minimum atomic E-state index is 0. The summed E-state index contributed by atoms with van der Waals surface area (Å²) in [5.74, 6) is 0. The van der Waals surface area contributed by atoms with E-state index in [9.17, 15) is 0 Å². The van der Waals surface area contributed by atoms with Gasteiger partial charge < -0.3 is 0 Å². The van der Waals surface area contributed by atoms with Gasteiger partial charge in [-0.2, -0.15) is 0 Å². The molecule has 25 valence electrons. The zero-order chi connectivity index (χ0) is 0. The Labute approximate surface area is 74.9 Å². The SMILES string of the molecule is [Co].[MgH2].[Ni].[Zn]. The van der Waals surface area contributed by atoms with E-state index in [0.717, 1.165) is 0 Å². The minimum absolute atomic E-state index is 0. The first-order chi connectivity index (χ1) is 0. The molecule has 4 heteroatoms. The van der Waals surface area contributed by atoms with Crippen LogP contribution in [0.3, 0.4) is 0 Å². The van der Waals surface area contributed by atoms with Gasteiger partial charge in [0.1, 0.15) is 0 Å². The molecule has 0 saturated carbocycles. The fourth-order valence-corrected chi connectivity index (χ4v) is 0. The molecule has 0 unspecified atom stereocenters. The van der Waals surface area contributed by atoms with Gasteiger partial charge in [0.05, 0.1) is 0 Å². The minimum Gasteiger partial charge on any atom is 0 e. The second-order valence-corrected chi connectivity index (χ2v) is 0. The maximum absolute atomic E-state index is 0. The predicted molar refractivity (Wildman–Crippen MR) is 8.54 cm³/mol. The third-order valence-electron chi connectivity index (χ3n) is 0. The molecule has 0 amide bonds. The molecule has 0 heterocycles. The summed E-state index contributed by atoms with van der Waals surface area (Å²) < 4.78 is 0. The van der Waals surface area contributed by atoms with Gasteiger partial charge >= 0.3 is 23.1 Å². The van der Waals surface area contributed by atoms with Crippen molar-refractivity contribution in [3.05, 3.63) is 0 Å². The van der Waals surface area contributed by atoms with E-state index in [4.69, 9.17) is 0 Å². The van der Waals surface area contributed by atoms with Crippen LogP contribution >= 0.6 is 0 Å². The van der Waals surface area contributed by atoms with Crippen LogP contribution in [0.15, 0.2) is 0 Å². The molecule has 0 saturated heterocycles. The monoisotopic (exact) mass is 207 g/mol. The van der Waals surface area contributed by atoms with Crippen molar-refractivity contribution in [3.63, 3.8) is 0 Å². The van der Waals surface area contributed by atoms with Gasteiger partial charge in [-0.25, -0.2) is 0 Å². The van der Waals surface area contributed by atoms with Gasteiger partial charge in [-0.05, 0) is 0 Å². The molecular weight excluding hydrogens is 207 g/mol. The van der Waals surface area contributed by atoms with Crippen LogP contribution in [0.25, 0.3) is 0 Å². The van der Waals surface area contributed by atoms with Crippen molar-refractivity contribution in [2.45, 2.75) is 0 Å². The van der Waals surface area contributed by atoms with E-state index in [1.165, 1.54) is 0 Å². The Kier molecular flexibility index (Phi) is 148. The summed E-state index contributed by atoms with van der Waals surface area (Å²) in [4.78, 5) is 0. The average molecular weight is 209 g/mol. The van der Waals surface area contributed by atoms with Gasteiger partial charge in [-0.15, -0.1) is 0 Å². The average Bonchev–Trinajstić information content (AvgIpc) is 0. The Bertz CT molecular complexity index is 8.00. The molecule has 0 atom stereocenters. The predicted octanol–water partition coefficient (Wildman–Crippen LogP) is -0.924. The van der Waals surface area contributed by atoms with Crippen molar-refractivity contribution in [1.82, 2.24) is 0 Å². The van der Waals surface area contributed by atoms with Gasteiger partial charge in [-0.1, -0.05) is 0 Å². The Morgan fingerprint density at radius 1 is 1.00 bits per heavy atom. The zero-order valence-corrected chi connectivity index (χ0v) is 6.35. The van der Waals surface area contributed by atoms with Crippen LogP contribution in [-0.2, 0) is 52.7 Å². The summed E-state index contributed by atoms with van der Waals surface area (Å²) in [6.07, 6.45) is 0. The van der Waals surface area contributed by atoms with E-state index < -0.39 is 0 Å². The van der Waals surface area contributed by atoms with E-state index in [0.29, 0.717) is 0 Å². The molecule has 0 aliphatic heterocycles. The molecule has 0 aromatic carbocycles. The fourth-order valence-electron chi connectivity index (χ4n) is 0. The van der Waals surface area contributed by atoms with Crippen LogP contribution < -0.4 is 0 Å². The van der Waals surface area contributed by atoms with E-state index in [2.05, 4.69) is 0 Å². The quantitative estimate of drug-likeness (QED) is 0.453. The molecule has 0 rings (SSSR count). The van der Waals surface area contributed by atoms with Gasteiger partial charge in [0.25, 0.3) is 0 Å². The van der Waals surface area contributed by atoms with Crippen LogP contribution in [-0.4, -0.2) is 23.1 Å². The molecule has 0 N–H and O–H groups in total. The van der Waals surface area contributed by atoms with Crippen LogP contribution in [0.1, 0.15) is 0 Å². The summed E-state index contributed by atoms with van der Waals surface area (Å²) in [7, 11) is 0. The first-order valence-corrected chi connectivity index (χ1v) is 0. The summed E-state index contributed by atoms with van der Waals surface area (Å²) >= 11 is 0. The van der Waals surface area contributed by atoms with Gasteiger partial charge in [0.15, 0.2) is 0 Å². The Morgan fingerprint density at radius 2 is 1.00 bits per heavy atom. The normalized spacial score (nSPS) is 0. The molecule has 0 spiro atoms. The third kappa shape index (κ3) is 8.83. The standard InChI is InChI=1S/Co.Mg.Ni.Zn.2H. The van der Waals surface area contributed by atoms with Crippen LogP contribution in [0.4, 0.5) is 0 Å². The Hall–Kier alpha value is 2.39. The number of hydrogen-bond acceptors (Lipinski definition) is 0. The topological polar surface area (TPSA) is 0 Å². The van der Waals surface area contributed by atoms with Crippen LogP contribution in [0.5, 0.6) is 0 Å². The maximum Gasteiger partial charge on any atom is 0.316 e. The largest absolute Gasteiger partial charge is 0.316 e. The summed E-state index contributed by atoms with van der Waals surface area (Å²) in [5.41, 5.74) is 0. The van der Waals surface area contributed by atoms with E-state index in [-0.39, 0.29) is 75.8 Å². The first-order valence-electron chi connectivity index (χ1n) is 0. The smallest absolute Gasteiger partial charge is 0 e. The van der Waals surface area contributed by atoms with Gasteiger partial charge in [-0.3, -0.25) is 0 Å². The van der Waals surface area contributed by atoms with Gasteiger partial charge in [0.2, 0.25) is 0 Å². The molecule has 4 heavy (non-hydrogen) atoms. The fraction of sp³-hybridized carbons (Fsp3) is 0.